The molecule has 0 aromatic heterocycles. The van der Waals surface area contributed by atoms with Gasteiger partial charge < -0.3 is 15.0 Å². The highest BCUT2D eigenvalue weighted by Crippen LogP contribution is 2.48. The van der Waals surface area contributed by atoms with E-state index in [4.69, 9.17) is 21.7 Å². The fraction of sp³-hybridized carbons (Fsp3) is 0.316. The first kappa shape index (κ1) is 18.0. The van der Waals surface area contributed by atoms with Gasteiger partial charge in [-0.25, -0.2) is 0 Å². The van der Waals surface area contributed by atoms with Gasteiger partial charge in [0, 0.05) is 17.1 Å². The molecule has 4 nitrogen and oxygen atoms in total. The van der Waals surface area contributed by atoms with Crippen LogP contribution in [0.1, 0.15) is 24.4 Å². The molecule has 27 heavy (non-hydrogen) atoms. The van der Waals surface area contributed by atoms with Crippen LogP contribution < -0.4 is 15.0 Å². The lowest BCUT2D eigenvalue weighted by atomic mass is 9.89. The van der Waals surface area contributed by atoms with Crippen molar-refractivity contribution in [3.8, 4) is 11.5 Å². The summed E-state index contributed by atoms with van der Waals surface area (Å²) in [5.41, 5.74) is 1.53. The third-order valence-electron chi connectivity index (χ3n) is 4.93. The number of hydrogen-bond acceptors (Lipinski definition) is 3. The third kappa shape index (κ3) is 3.32. The molecule has 2 aliphatic heterocycles. The first-order valence-corrected chi connectivity index (χ1v) is 8.97. The zero-order valence-electron chi connectivity index (χ0n) is 14.2. The fourth-order valence-electron chi connectivity index (χ4n) is 3.81. The molecule has 0 unspecified atom stereocenters. The van der Waals surface area contributed by atoms with Crippen molar-refractivity contribution in [1.82, 2.24) is 5.32 Å². The summed E-state index contributed by atoms with van der Waals surface area (Å²) in [5, 5.41) is 10.3. The molecule has 0 saturated carbocycles. The molecule has 1 saturated heterocycles. The Morgan fingerprint density at radius 3 is 2.74 bits per heavy atom. The molecule has 0 amide bonds. The summed E-state index contributed by atoms with van der Waals surface area (Å²) in [5.74, 6) is -0.218. The monoisotopic (exact) mass is 395 g/mol. The van der Waals surface area contributed by atoms with Crippen molar-refractivity contribution < 1.29 is 17.9 Å². The van der Waals surface area contributed by atoms with Gasteiger partial charge in [0.15, 0.2) is 5.75 Å². The average Bonchev–Trinajstić information content (AvgIpc) is 2.76. The number of anilines is 1. The lowest BCUT2D eigenvalue weighted by Crippen LogP contribution is -2.52. The maximum atomic E-state index is 13.0. The van der Waals surface area contributed by atoms with Gasteiger partial charge in [-0.2, -0.15) is 13.2 Å². The minimum absolute atomic E-state index is 0.405. The van der Waals surface area contributed by atoms with E-state index < -0.39 is 24.1 Å². The van der Waals surface area contributed by atoms with Gasteiger partial charge in [0.2, 0.25) is 5.84 Å². The van der Waals surface area contributed by atoms with Crippen LogP contribution >= 0.6 is 11.6 Å². The molecule has 2 heterocycles. The van der Waals surface area contributed by atoms with Gasteiger partial charge in [0.25, 0.3) is 0 Å². The first-order valence-electron chi connectivity index (χ1n) is 8.60. The molecule has 1 fully saturated rings. The summed E-state index contributed by atoms with van der Waals surface area (Å²) in [7, 11) is 0. The molecule has 2 aliphatic rings. The molecular weight excluding hydrogens is 379 g/mol. The molecule has 8 heteroatoms. The van der Waals surface area contributed by atoms with Crippen molar-refractivity contribution in [2.75, 3.05) is 11.4 Å². The number of nitrogens with one attached hydrogen (secondary N) is 2. The van der Waals surface area contributed by atoms with Gasteiger partial charge in [0.05, 0.1) is 17.8 Å². The second kappa shape index (κ2) is 6.64. The number of halogens is 4. The minimum Gasteiger partial charge on any atom is -0.455 e. The smallest absolute Gasteiger partial charge is 0.448 e. The van der Waals surface area contributed by atoms with Gasteiger partial charge in [-0.05, 0) is 37.1 Å². The summed E-state index contributed by atoms with van der Waals surface area (Å²) >= 11 is 6.17. The summed E-state index contributed by atoms with van der Waals surface area (Å²) in [4.78, 5) is 2.03. The van der Waals surface area contributed by atoms with E-state index in [0.717, 1.165) is 11.3 Å². The molecular formula is C19H17ClF3N3O. The number of rotatable bonds is 1. The lowest BCUT2D eigenvalue weighted by molar-refractivity contribution is -0.0634. The van der Waals surface area contributed by atoms with Crippen LogP contribution in [0.5, 0.6) is 11.5 Å². The molecule has 0 aliphatic carbocycles. The van der Waals surface area contributed by atoms with Crippen LogP contribution in [0, 0.1) is 5.41 Å². The Kier molecular flexibility index (Phi) is 4.42. The highest BCUT2D eigenvalue weighted by molar-refractivity contribution is 6.31. The third-order valence-corrected chi connectivity index (χ3v) is 5.17. The normalized spacial score (nSPS) is 21.3. The van der Waals surface area contributed by atoms with Gasteiger partial charge in [0.1, 0.15) is 5.75 Å². The molecule has 4 rings (SSSR count). The zero-order chi connectivity index (χ0) is 19.2. The summed E-state index contributed by atoms with van der Waals surface area (Å²) < 4.78 is 44.9. The van der Waals surface area contributed by atoms with Crippen molar-refractivity contribution >= 4 is 23.1 Å². The number of ether oxygens (including phenoxy) is 1. The molecule has 0 spiro atoms. The molecule has 142 valence electrons. The topological polar surface area (TPSA) is 48.4 Å². The standard InChI is InChI=1S/C19H17ClF3N3O/c20-11-7-8-16-14(10-11)26-9-3-5-13(25-18(24)19(21,22)23)17(26)12-4-1-2-6-15(12)27-16/h1-2,4,6-8,10,13,17H,3,5,9H2,(H2,24,25)/t13-,17-/m0/s1. The molecule has 0 bridgehead atoms. The van der Waals surface area contributed by atoms with Gasteiger partial charge in [-0.3, -0.25) is 5.41 Å². The summed E-state index contributed by atoms with van der Waals surface area (Å²) in [6.45, 7) is 0.660. The van der Waals surface area contributed by atoms with E-state index in [9.17, 15) is 13.2 Å². The van der Waals surface area contributed by atoms with E-state index in [-0.39, 0.29) is 0 Å². The molecule has 2 N–H and O–H groups in total. The first-order chi connectivity index (χ1) is 12.8. The molecule has 0 radical (unpaired) electrons. The Morgan fingerprint density at radius 2 is 1.96 bits per heavy atom. The second-order valence-electron chi connectivity index (χ2n) is 6.66. The van der Waals surface area contributed by atoms with E-state index >= 15 is 0 Å². The Bertz CT molecular complexity index is 887. The van der Waals surface area contributed by atoms with E-state index in [0.29, 0.717) is 35.9 Å². The predicted octanol–water partition coefficient (Wildman–Crippen LogP) is 5.28. The number of benzene rings is 2. The van der Waals surface area contributed by atoms with Crippen LogP contribution in [0.25, 0.3) is 0 Å². The fourth-order valence-corrected chi connectivity index (χ4v) is 3.97. The number of nitrogens with zero attached hydrogens (tertiary/aromatic N) is 1. The highest BCUT2D eigenvalue weighted by atomic mass is 35.5. The number of alkyl halides is 3. The van der Waals surface area contributed by atoms with Crippen molar-refractivity contribution in [3.63, 3.8) is 0 Å². The summed E-state index contributed by atoms with van der Waals surface area (Å²) in [6.07, 6.45) is -3.50. The van der Waals surface area contributed by atoms with E-state index in [1.807, 2.05) is 23.1 Å². The second-order valence-corrected chi connectivity index (χ2v) is 7.09. The molecule has 2 aromatic rings. The highest BCUT2D eigenvalue weighted by Gasteiger charge is 2.42. The SMILES string of the molecule is N=C(N[C@H]1CCCN2c3cc(Cl)ccc3Oc3ccccc3[C@@H]12)C(F)(F)F. The molecule has 2 aromatic carbocycles. The van der Waals surface area contributed by atoms with Crippen molar-refractivity contribution in [2.24, 2.45) is 0 Å². The number of hydrogen-bond donors (Lipinski definition) is 2. The number of para-hydroxylation sites is 1. The largest absolute Gasteiger partial charge is 0.455 e. The van der Waals surface area contributed by atoms with Crippen molar-refractivity contribution in [1.29, 1.82) is 5.41 Å². The van der Waals surface area contributed by atoms with E-state index in [1.54, 1.807) is 24.3 Å². The van der Waals surface area contributed by atoms with Gasteiger partial charge >= 0.3 is 6.18 Å². The van der Waals surface area contributed by atoms with Crippen LogP contribution in [0.2, 0.25) is 5.02 Å². The summed E-state index contributed by atoms with van der Waals surface area (Å²) in [6, 6.07) is 11.6. The number of fused-ring (bicyclic) bond motifs is 5. The van der Waals surface area contributed by atoms with Crippen LogP contribution in [0.3, 0.4) is 0 Å². The Balaban J connectivity index is 1.81. The number of amidine groups is 1. The minimum atomic E-state index is -4.70. The van der Waals surface area contributed by atoms with Crippen LogP contribution in [-0.4, -0.2) is 24.6 Å². The van der Waals surface area contributed by atoms with Crippen LogP contribution in [-0.2, 0) is 0 Å². The Labute approximate surface area is 159 Å². The van der Waals surface area contributed by atoms with Crippen LogP contribution in [0.4, 0.5) is 18.9 Å². The van der Waals surface area contributed by atoms with E-state index in [2.05, 4.69) is 5.32 Å². The van der Waals surface area contributed by atoms with Crippen LogP contribution in [0.15, 0.2) is 42.5 Å². The average molecular weight is 396 g/mol. The van der Waals surface area contributed by atoms with Gasteiger partial charge in [-0.1, -0.05) is 29.8 Å². The maximum absolute atomic E-state index is 13.0. The molecule has 2 atom stereocenters. The van der Waals surface area contributed by atoms with Crippen molar-refractivity contribution in [2.45, 2.75) is 31.1 Å². The zero-order valence-corrected chi connectivity index (χ0v) is 14.9. The quantitative estimate of drug-likeness (QED) is 0.510. The predicted molar refractivity (Wildman–Crippen MR) is 98.0 cm³/mol. The van der Waals surface area contributed by atoms with E-state index in [1.165, 1.54) is 0 Å². The Morgan fingerprint density at radius 1 is 1.19 bits per heavy atom. The van der Waals surface area contributed by atoms with Crippen molar-refractivity contribution in [3.05, 3.63) is 53.1 Å². The van der Waals surface area contributed by atoms with Gasteiger partial charge in [-0.15, -0.1) is 0 Å². The number of piperidine rings is 1. The maximum Gasteiger partial charge on any atom is 0.448 e. The Hall–Kier alpha value is -2.41. The lowest BCUT2D eigenvalue weighted by Gasteiger charge is -2.42.